The Morgan fingerprint density at radius 3 is 2.05 bits per heavy atom. The van der Waals surface area contributed by atoms with Crippen molar-refractivity contribution in [2.75, 3.05) is 6.61 Å². The minimum atomic E-state index is 0.0771. The van der Waals surface area contributed by atoms with Gasteiger partial charge in [0.2, 0.25) is 0 Å². The molecule has 1 fully saturated rings. The van der Waals surface area contributed by atoms with Gasteiger partial charge in [-0.15, -0.1) is 0 Å². The Bertz CT molecular complexity index is 238. The Labute approximate surface area is 125 Å². The first-order valence-electron chi connectivity index (χ1n) is 9.01. The number of hydrogen-bond acceptors (Lipinski definition) is 2. The maximum absolute atomic E-state index is 12.1. The Morgan fingerprint density at radius 2 is 1.45 bits per heavy atom. The highest BCUT2D eigenvalue weighted by Crippen LogP contribution is 2.20. The van der Waals surface area contributed by atoms with Gasteiger partial charge in [0.25, 0.3) is 0 Å². The molecule has 0 aromatic heterocycles. The summed E-state index contributed by atoms with van der Waals surface area (Å²) in [6.07, 6.45) is 17.3. The van der Waals surface area contributed by atoms with Gasteiger partial charge in [0, 0.05) is 0 Å². The van der Waals surface area contributed by atoms with Gasteiger partial charge in [-0.3, -0.25) is 4.79 Å². The van der Waals surface area contributed by atoms with Gasteiger partial charge in [-0.25, -0.2) is 0 Å². The van der Waals surface area contributed by atoms with Crippen molar-refractivity contribution < 1.29 is 9.53 Å². The van der Waals surface area contributed by atoms with Gasteiger partial charge in [0.1, 0.15) is 0 Å². The van der Waals surface area contributed by atoms with Crippen LogP contribution in [0.1, 0.15) is 96.8 Å². The lowest BCUT2D eigenvalue weighted by molar-refractivity contribution is -0.149. The zero-order valence-electron chi connectivity index (χ0n) is 13.5. The van der Waals surface area contributed by atoms with Crippen LogP contribution in [-0.2, 0) is 9.53 Å². The van der Waals surface area contributed by atoms with Crippen LogP contribution >= 0.6 is 0 Å². The summed E-state index contributed by atoms with van der Waals surface area (Å²) in [5.74, 6) is 0.244. The van der Waals surface area contributed by atoms with E-state index in [9.17, 15) is 4.79 Å². The van der Waals surface area contributed by atoms with Gasteiger partial charge in [0.15, 0.2) is 0 Å². The minimum Gasteiger partial charge on any atom is -0.465 e. The fourth-order valence-corrected chi connectivity index (χ4v) is 3.03. The van der Waals surface area contributed by atoms with E-state index in [1.165, 1.54) is 64.2 Å². The topological polar surface area (TPSA) is 26.3 Å². The van der Waals surface area contributed by atoms with E-state index >= 15 is 0 Å². The van der Waals surface area contributed by atoms with Crippen molar-refractivity contribution in [2.45, 2.75) is 96.8 Å². The summed E-state index contributed by atoms with van der Waals surface area (Å²) in [4.78, 5) is 12.1. The first kappa shape index (κ1) is 17.5. The predicted octanol–water partition coefficient (Wildman–Crippen LogP) is 5.64. The van der Waals surface area contributed by atoms with E-state index in [2.05, 4.69) is 6.92 Å². The van der Waals surface area contributed by atoms with E-state index in [0.717, 1.165) is 25.7 Å². The van der Waals surface area contributed by atoms with Crippen LogP contribution in [0.2, 0.25) is 0 Å². The van der Waals surface area contributed by atoms with Crippen LogP contribution in [0.5, 0.6) is 0 Å². The van der Waals surface area contributed by atoms with Crippen LogP contribution in [0.15, 0.2) is 0 Å². The van der Waals surface area contributed by atoms with Crippen molar-refractivity contribution in [1.29, 1.82) is 0 Å². The maximum atomic E-state index is 12.1. The quantitative estimate of drug-likeness (QED) is 0.626. The number of ether oxygens (including phenoxy) is 1. The van der Waals surface area contributed by atoms with Crippen LogP contribution < -0.4 is 0 Å². The Balaban J connectivity index is 2.36. The second-order valence-electron chi connectivity index (χ2n) is 6.33. The highest BCUT2D eigenvalue weighted by Gasteiger charge is 2.18. The summed E-state index contributed by atoms with van der Waals surface area (Å²) in [7, 11) is 0. The van der Waals surface area contributed by atoms with Crippen LogP contribution in [0.25, 0.3) is 0 Å². The molecule has 1 aliphatic rings. The number of unbranched alkanes of at least 4 members (excludes halogenated alkanes) is 1. The first-order chi connectivity index (χ1) is 9.84. The highest BCUT2D eigenvalue weighted by atomic mass is 16.5. The van der Waals surface area contributed by atoms with Crippen molar-refractivity contribution in [3.05, 3.63) is 0 Å². The Hall–Kier alpha value is -0.530. The molecule has 0 aliphatic carbocycles. The summed E-state index contributed by atoms with van der Waals surface area (Å²) in [5.41, 5.74) is 0. The van der Waals surface area contributed by atoms with Gasteiger partial charge in [0.05, 0.1) is 12.5 Å². The van der Waals surface area contributed by atoms with Crippen molar-refractivity contribution in [1.82, 2.24) is 0 Å². The molecule has 1 rings (SSSR count). The van der Waals surface area contributed by atoms with Gasteiger partial charge >= 0.3 is 5.97 Å². The number of carbonyl (C=O) groups excluding carboxylic acids is 1. The molecule has 1 aliphatic heterocycles. The number of hydrogen-bond donors (Lipinski definition) is 0. The van der Waals surface area contributed by atoms with E-state index in [-0.39, 0.29) is 11.9 Å². The molecular formula is C18H34O2. The van der Waals surface area contributed by atoms with E-state index < -0.39 is 0 Å². The normalized spacial score (nSPS) is 24.4. The second kappa shape index (κ2) is 12.2. The summed E-state index contributed by atoms with van der Waals surface area (Å²) in [6, 6.07) is 0. The molecule has 0 amide bonds. The monoisotopic (exact) mass is 282 g/mol. The molecule has 0 spiro atoms. The molecule has 118 valence electrons. The van der Waals surface area contributed by atoms with Gasteiger partial charge in [-0.2, -0.15) is 0 Å². The largest absolute Gasteiger partial charge is 0.465 e. The maximum Gasteiger partial charge on any atom is 0.308 e. The highest BCUT2D eigenvalue weighted by molar-refractivity contribution is 5.72. The molecule has 1 saturated heterocycles. The lowest BCUT2D eigenvalue weighted by Crippen LogP contribution is -2.18. The van der Waals surface area contributed by atoms with Crippen LogP contribution in [0.3, 0.4) is 0 Å². The summed E-state index contributed by atoms with van der Waals surface area (Å²) in [6.45, 7) is 2.83. The van der Waals surface area contributed by atoms with E-state index in [1.54, 1.807) is 0 Å². The second-order valence-corrected chi connectivity index (χ2v) is 6.33. The molecule has 2 nitrogen and oxygen atoms in total. The van der Waals surface area contributed by atoms with Crippen molar-refractivity contribution in [3.8, 4) is 0 Å². The number of esters is 1. The zero-order chi connectivity index (χ0) is 14.5. The fourth-order valence-electron chi connectivity index (χ4n) is 3.03. The van der Waals surface area contributed by atoms with Gasteiger partial charge in [-0.1, -0.05) is 77.6 Å². The molecular weight excluding hydrogens is 248 g/mol. The zero-order valence-corrected chi connectivity index (χ0v) is 13.5. The molecule has 0 radical (unpaired) electrons. The molecule has 0 bridgehead atoms. The van der Waals surface area contributed by atoms with E-state index in [1.807, 2.05) is 0 Å². The molecule has 0 N–H and O–H groups in total. The van der Waals surface area contributed by atoms with Crippen LogP contribution in [0, 0.1) is 5.92 Å². The van der Waals surface area contributed by atoms with Crippen molar-refractivity contribution >= 4 is 5.97 Å². The smallest absolute Gasteiger partial charge is 0.308 e. The average Bonchev–Trinajstić information content (AvgIpc) is 2.46. The number of cyclic esters (lactones) is 1. The predicted molar refractivity (Wildman–Crippen MR) is 84.8 cm³/mol. The molecule has 2 heteroatoms. The molecule has 1 atom stereocenters. The third kappa shape index (κ3) is 8.60. The lowest BCUT2D eigenvalue weighted by atomic mass is 9.95. The van der Waals surface area contributed by atoms with Gasteiger partial charge < -0.3 is 4.74 Å². The minimum absolute atomic E-state index is 0.0771. The van der Waals surface area contributed by atoms with E-state index in [4.69, 9.17) is 4.74 Å². The van der Waals surface area contributed by atoms with E-state index in [0.29, 0.717) is 6.61 Å². The molecule has 0 aromatic carbocycles. The summed E-state index contributed by atoms with van der Waals surface area (Å²) in [5, 5.41) is 0. The molecule has 20 heavy (non-hydrogen) atoms. The standard InChI is InChI=1S/C18H34O2/c1-2-3-14-17-15-12-10-8-6-4-5-7-9-11-13-16-20-18(17)19/h17H,2-16H2,1H3. The Morgan fingerprint density at radius 1 is 0.900 bits per heavy atom. The third-order valence-corrected chi connectivity index (χ3v) is 4.43. The molecule has 0 aromatic rings. The Kier molecular flexibility index (Phi) is 10.7. The fraction of sp³-hybridized carbons (Fsp3) is 0.944. The number of rotatable bonds is 3. The lowest BCUT2D eigenvalue weighted by Gasteiger charge is -2.15. The average molecular weight is 282 g/mol. The van der Waals surface area contributed by atoms with Crippen LogP contribution in [-0.4, -0.2) is 12.6 Å². The SMILES string of the molecule is CCCCC1CCCCCCCCCCCCOC1=O. The van der Waals surface area contributed by atoms with Gasteiger partial charge in [-0.05, 0) is 19.3 Å². The summed E-state index contributed by atoms with van der Waals surface area (Å²) >= 11 is 0. The molecule has 0 saturated carbocycles. The third-order valence-electron chi connectivity index (χ3n) is 4.43. The van der Waals surface area contributed by atoms with Crippen molar-refractivity contribution in [2.24, 2.45) is 5.92 Å². The number of carbonyl (C=O) groups is 1. The molecule has 1 heterocycles. The molecule has 1 unspecified atom stereocenters. The van der Waals surface area contributed by atoms with Crippen molar-refractivity contribution in [3.63, 3.8) is 0 Å². The summed E-state index contributed by atoms with van der Waals surface area (Å²) < 4.78 is 5.49. The first-order valence-corrected chi connectivity index (χ1v) is 9.01. The van der Waals surface area contributed by atoms with Crippen LogP contribution in [0.4, 0.5) is 0 Å².